The molecular formula is C13H21NO5. The first-order valence-electron chi connectivity index (χ1n) is 6.09. The molecule has 0 aromatic rings. The Labute approximate surface area is 113 Å². The molecule has 6 heteroatoms. The van der Waals surface area contributed by atoms with Crippen LogP contribution in [0.15, 0.2) is 11.1 Å². The predicted octanol–water partition coefficient (Wildman–Crippen LogP) is 1.21. The van der Waals surface area contributed by atoms with Gasteiger partial charge in [0.2, 0.25) is 0 Å². The summed E-state index contributed by atoms with van der Waals surface area (Å²) >= 11 is 0. The zero-order valence-corrected chi connectivity index (χ0v) is 12.0. The Morgan fingerprint density at radius 1 is 1.16 bits per heavy atom. The van der Waals surface area contributed by atoms with Crippen LogP contribution in [0.4, 0.5) is 0 Å². The molecule has 0 fully saturated rings. The van der Waals surface area contributed by atoms with Crippen LogP contribution >= 0.6 is 0 Å². The maximum atomic E-state index is 12.2. The van der Waals surface area contributed by atoms with Gasteiger partial charge in [0, 0.05) is 17.2 Å². The van der Waals surface area contributed by atoms with E-state index in [2.05, 4.69) is 0 Å². The van der Waals surface area contributed by atoms with Crippen molar-refractivity contribution < 1.29 is 24.2 Å². The van der Waals surface area contributed by atoms with E-state index in [9.17, 15) is 14.4 Å². The van der Waals surface area contributed by atoms with Gasteiger partial charge in [-0.25, -0.2) is 4.79 Å². The van der Waals surface area contributed by atoms with E-state index in [-0.39, 0.29) is 30.3 Å². The number of amides is 1. The largest absolute Gasteiger partial charge is 0.478 e. The second-order valence-corrected chi connectivity index (χ2v) is 4.39. The minimum Gasteiger partial charge on any atom is -0.478 e. The average molecular weight is 271 g/mol. The van der Waals surface area contributed by atoms with Gasteiger partial charge in [-0.15, -0.1) is 0 Å². The molecule has 0 bridgehead atoms. The molecule has 1 amide bonds. The van der Waals surface area contributed by atoms with Crippen molar-refractivity contribution >= 4 is 17.8 Å². The predicted molar refractivity (Wildman–Crippen MR) is 69.5 cm³/mol. The highest BCUT2D eigenvalue weighted by Crippen LogP contribution is 2.11. The van der Waals surface area contributed by atoms with E-state index in [0.29, 0.717) is 0 Å². The highest BCUT2D eigenvalue weighted by atomic mass is 16.5. The van der Waals surface area contributed by atoms with E-state index >= 15 is 0 Å². The van der Waals surface area contributed by atoms with Gasteiger partial charge in [0.25, 0.3) is 5.91 Å². The lowest BCUT2D eigenvalue weighted by Crippen LogP contribution is -2.42. The number of nitrogens with zero attached hydrogens (tertiary/aromatic N) is 1. The van der Waals surface area contributed by atoms with Gasteiger partial charge in [0.05, 0.1) is 6.61 Å². The fourth-order valence-corrected chi connectivity index (χ4v) is 1.37. The van der Waals surface area contributed by atoms with Crippen LogP contribution < -0.4 is 0 Å². The molecule has 0 aliphatic heterocycles. The molecule has 0 saturated heterocycles. The molecule has 108 valence electrons. The Morgan fingerprint density at radius 2 is 1.68 bits per heavy atom. The molecule has 1 N–H and O–H groups in total. The molecule has 0 saturated carbocycles. The maximum Gasteiger partial charge on any atom is 0.331 e. The third kappa shape index (κ3) is 5.11. The van der Waals surface area contributed by atoms with Gasteiger partial charge in [-0.2, -0.15) is 0 Å². The standard InChI is InChI=1S/C13H21NO5/c1-6-19-11(15)7-14(8(2)3)12(16)9(4)10(5)13(17)18/h8H,6-7H2,1-5H3,(H,17,18). The third-order valence-corrected chi connectivity index (χ3v) is 2.69. The average Bonchev–Trinajstić information content (AvgIpc) is 2.33. The van der Waals surface area contributed by atoms with Crippen LogP contribution in [0.2, 0.25) is 0 Å². The molecule has 0 aliphatic rings. The molecule has 0 aliphatic carbocycles. The van der Waals surface area contributed by atoms with E-state index in [4.69, 9.17) is 9.84 Å². The van der Waals surface area contributed by atoms with Gasteiger partial charge >= 0.3 is 11.9 Å². The first kappa shape index (κ1) is 17.2. The minimum atomic E-state index is -1.15. The fraction of sp³-hybridized carbons (Fsp3) is 0.615. The Hall–Kier alpha value is -1.85. The summed E-state index contributed by atoms with van der Waals surface area (Å²) in [7, 11) is 0. The number of aliphatic carboxylic acids is 1. The normalized spacial score (nSPS) is 11.9. The van der Waals surface area contributed by atoms with Crippen molar-refractivity contribution in [3.8, 4) is 0 Å². The Balaban J connectivity index is 5.11. The molecular weight excluding hydrogens is 250 g/mol. The summed E-state index contributed by atoms with van der Waals surface area (Å²) in [5.41, 5.74) is 0.0880. The zero-order chi connectivity index (χ0) is 15.2. The van der Waals surface area contributed by atoms with E-state index in [0.717, 1.165) is 0 Å². The maximum absolute atomic E-state index is 12.2. The monoisotopic (exact) mass is 271 g/mol. The van der Waals surface area contributed by atoms with Crippen LogP contribution in [0, 0.1) is 0 Å². The molecule has 6 nitrogen and oxygen atoms in total. The summed E-state index contributed by atoms with van der Waals surface area (Å²) < 4.78 is 4.80. The summed E-state index contributed by atoms with van der Waals surface area (Å²) in [4.78, 5) is 35.7. The number of carboxylic acids is 1. The lowest BCUT2D eigenvalue weighted by atomic mass is 10.1. The third-order valence-electron chi connectivity index (χ3n) is 2.69. The van der Waals surface area contributed by atoms with Crippen molar-refractivity contribution in [2.75, 3.05) is 13.2 Å². The van der Waals surface area contributed by atoms with E-state index in [1.54, 1.807) is 20.8 Å². The van der Waals surface area contributed by atoms with Crippen molar-refractivity contribution in [3.63, 3.8) is 0 Å². The number of carboxylic acid groups (broad SMARTS) is 1. The van der Waals surface area contributed by atoms with Crippen molar-refractivity contribution in [1.82, 2.24) is 4.90 Å². The summed E-state index contributed by atoms with van der Waals surface area (Å²) in [6.07, 6.45) is 0. The van der Waals surface area contributed by atoms with Crippen molar-refractivity contribution in [2.45, 2.75) is 40.7 Å². The van der Waals surface area contributed by atoms with Gasteiger partial charge in [-0.1, -0.05) is 0 Å². The first-order chi connectivity index (χ1) is 8.72. The molecule has 19 heavy (non-hydrogen) atoms. The number of esters is 1. The van der Waals surface area contributed by atoms with Gasteiger partial charge in [0.1, 0.15) is 6.54 Å². The number of carbonyl (C=O) groups excluding carboxylic acids is 2. The van der Waals surface area contributed by atoms with Crippen LogP contribution in [-0.2, 0) is 19.1 Å². The van der Waals surface area contributed by atoms with Gasteiger partial charge in [0.15, 0.2) is 0 Å². The second kappa shape index (κ2) is 7.56. The Morgan fingerprint density at radius 3 is 2.05 bits per heavy atom. The molecule has 0 spiro atoms. The van der Waals surface area contributed by atoms with Crippen LogP contribution in [-0.4, -0.2) is 47.0 Å². The second-order valence-electron chi connectivity index (χ2n) is 4.39. The fourth-order valence-electron chi connectivity index (χ4n) is 1.37. The lowest BCUT2D eigenvalue weighted by molar-refractivity contribution is -0.148. The SMILES string of the molecule is CCOC(=O)CN(C(=O)C(C)=C(C)C(=O)O)C(C)C. The molecule has 0 aromatic carbocycles. The van der Waals surface area contributed by atoms with Crippen LogP contribution in [0.1, 0.15) is 34.6 Å². The summed E-state index contributed by atoms with van der Waals surface area (Å²) in [5.74, 6) is -2.13. The molecule has 0 unspecified atom stereocenters. The van der Waals surface area contributed by atoms with Gasteiger partial charge in [-0.05, 0) is 34.6 Å². The minimum absolute atomic E-state index is 0.0282. The highest BCUT2D eigenvalue weighted by molar-refractivity contribution is 6.02. The smallest absolute Gasteiger partial charge is 0.331 e. The molecule has 0 aromatic heterocycles. The van der Waals surface area contributed by atoms with E-state index < -0.39 is 17.8 Å². The number of hydrogen-bond acceptors (Lipinski definition) is 4. The van der Waals surface area contributed by atoms with Crippen LogP contribution in [0.25, 0.3) is 0 Å². The number of carbonyl (C=O) groups is 3. The van der Waals surface area contributed by atoms with Gasteiger partial charge in [-0.3, -0.25) is 9.59 Å². The molecule has 0 radical (unpaired) electrons. The number of ether oxygens (including phenoxy) is 1. The van der Waals surface area contributed by atoms with Crippen LogP contribution in [0.5, 0.6) is 0 Å². The van der Waals surface area contributed by atoms with Gasteiger partial charge < -0.3 is 14.7 Å². The summed E-state index contributed by atoms with van der Waals surface area (Å²) in [6, 6.07) is -0.228. The number of rotatable bonds is 6. The summed E-state index contributed by atoms with van der Waals surface area (Å²) in [6.45, 7) is 8.03. The highest BCUT2D eigenvalue weighted by Gasteiger charge is 2.24. The molecule has 0 atom stereocenters. The summed E-state index contributed by atoms with van der Waals surface area (Å²) in [5, 5.41) is 8.87. The van der Waals surface area contributed by atoms with Crippen molar-refractivity contribution in [3.05, 3.63) is 11.1 Å². The zero-order valence-electron chi connectivity index (χ0n) is 12.0. The first-order valence-corrected chi connectivity index (χ1v) is 6.09. The quantitative estimate of drug-likeness (QED) is 0.580. The molecule has 0 heterocycles. The Kier molecular flexibility index (Phi) is 6.82. The molecule has 0 rings (SSSR count). The topological polar surface area (TPSA) is 83.9 Å². The number of hydrogen-bond donors (Lipinski definition) is 1. The van der Waals surface area contributed by atoms with Crippen molar-refractivity contribution in [1.29, 1.82) is 0 Å². The van der Waals surface area contributed by atoms with Crippen LogP contribution in [0.3, 0.4) is 0 Å². The lowest BCUT2D eigenvalue weighted by Gasteiger charge is -2.26. The van der Waals surface area contributed by atoms with Crippen molar-refractivity contribution in [2.24, 2.45) is 0 Å². The van der Waals surface area contributed by atoms with E-state index in [1.807, 2.05) is 0 Å². The Bertz CT molecular complexity index is 398. The van der Waals surface area contributed by atoms with E-state index in [1.165, 1.54) is 18.7 Å².